The van der Waals surface area contributed by atoms with Crippen molar-refractivity contribution in [2.75, 3.05) is 13.2 Å². The molecule has 3 nitrogen and oxygen atoms in total. The predicted molar refractivity (Wildman–Crippen MR) is 97.8 cm³/mol. The quantitative estimate of drug-likeness (QED) is 0.642. The summed E-state index contributed by atoms with van der Waals surface area (Å²) in [6.45, 7) is 5.61. The number of benzene rings is 1. The smallest absolute Gasteiger partial charge is 0.137 e. The first-order valence-corrected chi connectivity index (χ1v) is 8.79. The lowest BCUT2D eigenvalue weighted by Gasteiger charge is -2.21. The molecule has 112 valence electrons. The fraction of sp³-hybridized carbons (Fsp3) is 0.312. The second-order valence-corrected chi connectivity index (χ2v) is 6.62. The van der Waals surface area contributed by atoms with Crippen LogP contribution in [0.3, 0.4) is 0 Å². The van der Waals surface area contributed by atoms with Crippen LogP contribution in [-0.2, 0) is 0 Å². The van der Waals surface area contributed by atoms with E-state index in [0.717, 1.165) is 22.3 Å². The van der Waals surface area contributed by atoms with Gasteiger partial charge in [0.2, 0.25) is 0 Å². The third-order valence-corrected chi connectivity index (χ3v) is 4.53. The zero-order valence-corrected chi connectivity index (χ0v) is 15.8. The molecule has 0 radical (unpaired) electrons. The minimum atomic E-state index is 0.104. The lowest BCUT2D eigenvalue weighted by molar-refractivity contribution is 0.338. The summed E-state index contributed by atoms with van der Waals surface area (Å²) in [6, 6.07) is 8.49. The highest BCUT2D eigenvalue weighted by Gasteiger charge is 2.17. The van der Waals surface area contributed by atoms with Crippen LogP contribution in [0.2, 0.25) is 0 Å². The summed E-state index contributed by atoms with van der Waals surface area (Å²) in [7, 11) is 0. The van der Waals surface area contributed by atoms with Crippen molar-refractivity contribution < 1.29 is 4.74 Å². The summed E-state index contributed by atoms with van der Waals surface area (Å²) in [6.07, 6.45) is 3.65. The Balaban J connectivity index is 2.42. The summed E-state index contributed by atoms with van der Waals surface area (Å²) in [5.41, 5.74) is 2.35. The Kier molecular flexibility index (Phi) is 6.44. The van der Waals surface area contributed by atoms with Gasteiger partial charge in [-0.15, -0.1) is 0 Å². The number of nitrogens with zero attached hydrogens (tertiary/aromatic N) is 1. The Morgan fingerprint density at radius 1 is 1.29 bits per heavy atom. The van der Waals surface area contributed by atoms with Crippen molar-refractivity contribution in [2.45, 2.75) is 19.9 Å². The van der Waals surface area contributed by atoms with Gasteiger partial charge in [-0.2, -0.15) is 0 Å². The average molecular weight is 461 g/mol. The monoisotopic (exact) mass is 460 g/mol. The van der Waals surface area contributed by atoms with Crippen molar-refractivity contribution >= 4 is 38.5 Å². The molecule has 0 bridgehead atoms. The van der Waals surface area contributed by atoms with E-state index in [2.05, 4.69) is 80.0 Å². The highest BCUT2D eigenvalue weighted by atomic mass is 127. The van der Waals surface area contributed by atoms with Gasteiger partial charge in [0.15, 0.2) is 0 Å². The maximum absolute atomic E-state index is 5.56. The minimum absolute atomic E-state index is 0.104. The third kappa shape index (κ3) is 4.40. The molecule has 0 saturated heterocycles. The molecule has 1 aromatic carbocycles. The molecule has 0 fully saturated rings. The second-order valence-electron chi connectivity index (χ2n) is 4.54. The summed E-state index contributed by atoms with van der Waals surface area (Å²) >= 11 is 5.93. The number of rotatable bonds is 6. The second kappa shape index (κ2) is 8.10. The van der Waals surface area contributed by atoms with Crippen molar-refractivity contribution in [3.63, 3.8) is 0 Å². The summed E-state index contributed by atoms with van der Waals surface area (Å²) in [5, 5.41) is 3.53. The Hall–Kier alpha value is -0.660. The van der Waals surface area contributed by atoms with Crippen LogP contribution in [0, 0.1) is 3.57 Å². The number of hydrogen-bond acceptors (Lipinski definition) is 3. The van der Waals surface area contributed by atoms with Crippen molar-refractivity contribution in [1.29, 1.82) is 0 Å². The van der Waals surface area contributed by atoms with Crippen LogP contribution >= 0.6 is 38.5 Å². The summed E-state index contributed by atoms with van der Waals surface area (Å²) < 4.78 is 7.87. The van der Waals surface area contributed by atoms with Gasteiger partial charge in [0.05, 0.1) is 18.8 Å². The van der Waals surface area contributed by atoms with Gasteiger partial charge in [-0.05, 0) is 71.5 Å². The van der Waals surface area contributed by atoms with Gasteiger partial charge < -0.3 is 10.1 Å². The largest absolute Gasteiger partial charge is 0.492 e. The van der Waals surface area contributed by atoms with E-state index in [1.807, 2.05) is 13.1 Å². The van der Waals surface area contributed by atoms with E-state index < -0.39 is 0 Å². The van der Waals surface area contributed by atoms with E-state index in [1.54, 1.807) is 6.20 Å². The minimum Gasteiger partial charge on any atom is -0.492 e. The topological polar surface area (TPSA) is 34.2 Å². The van der Waals surface area contributed by atoms with Crippen LogP contribution in [-0.4, -0.2) is 18.1 Å². The molecule has 1 aromatic heterocycles. The molecule has 21 heavy (non-hydrogen) atoms. The maximum Gasteiger partial charge on any atom is 0.137 e. The Bertz CT molecular complexity index is 607. The van der Waals surface area contributed by atoms with E-state index in [0.29, 0.717) is 6.61 Å². The molecule has 5 heteroatoms. The molecule has 0 aliphatic heterocycles. The highest BCUT2D eigenvalue weighted by Crippen LogP contribution is 2.30. The average Bonchev–Trinajstić information content (AvgIpc) is 2.48. The first kappa shape index (κ1) is 16.7. The summed E-state index contributed by atoms with van der Waals surface area (Å²) in [4.78, 5) is 4.30. The molecule has 0 spiro atoms. The van der Waals surface area contributed by atoms with Crippen molar-refractivity contribution in [1.82, 2.24) is 10.3 Å². The summed E-state index contributed by atoms with van der Waals surface area (Å²) in [5.74, 6) is 0.808. The number of hydrogen-bond donors (Lipinski definition) is 1. The molecule has 1 heterocycles. The van der Waals surface area contributed by atoms with E-state index in [4.69, 9.17) is 4.74 Å². The Morgan fingerprint density at radius 3 is 2.81 bits per heavy atom. The lowest BCUT2D eigenvalue weighted by atomic mass is 10.00. The molecular formula is C16H18BrIN2O. The van der Waals surface area contributed by atoms with E-state index in [-0.39, 0.29) is 6.04 Å². The Labute approximate surface area is 147 Å². The Morgan fingerprint density at radius 2 is 2.10 bits per heavy atom. The molecule has 1 atom stereocenters. The zero-order valence-electron chi connectivity index (χ0n) is 12.1. The number of halogens is 2. The SMILES string of the molecule is CCNC(c1cncc(OCC)c1)c1cc(Br)ccc1I. The van der Waals surface area contributed by atoms with Crippen LogP contribution in [0.25, 0.3) is 0 Å². The molecular weight excluding hydrogens is 443 g/mol. The molecule has 2 aromatic rings. The third-order valence-electron chi connectivity index (χ3n) is 3.06. The van der Waals surface area contributed by atoms with Crippen LogP contribution in [0.15, 0.2) is 41.1 Å². The molecule has 0 aliphatic rings. The predicted octanol–water partition coefficient (Wildman–Crippen LogP) is 4.55. The van der Waals surface area contributed by atoms with E-state index in [9.17, 15) is 0 Å². The molecule has 2 rings (SSSR count). The van der Waals surface area contributed by atoms with Gasteiger partial charge >= 0.3 is 0 Å². The lowest BCUT2D eigenvalue weighted by Crippen LogP contribution is -2.23. The number of ether oxygens (including phenoxy) is 1. The van der Waals surface area contributed by atoms with Gasteiger partial charge in [0, 0.05) is 14.2 Å². The molecule has 0 amide bonds. The van der Waals surface area contributed by atoms with Gasteiger partial charge in [-0.3, -0.25) is 4.98 Å². The van der Waals surface area contributed by atoms with Crippen LogP contribution in [0.4, 0.5) is 0 Å². The fourth-order valence-electron chi connectivity index (χ4n) is 2.19. The normalized spacial score (nSPS) is 12.2. The highest BCUT2D eigenvalue weighted by molar-refractivity contribution is 14.1. The van der Waals surface area contributed by atoms with Crippen molar-refractivity contribution in [2.24, 2.45) is 0 Å². The van der Waals surface area contributed by atoms with Crippen LogP contribution in [0.5, 0.6) is 5.75 Å². The fourth-order valence-corrected chi connectivity index (χ4v) is 3.21. The number of pyridine rings is 1. The maximum atomic E-state index is 5.56. The first-order chi connectivity index (χ1) is 10.2. The van der Waals surface area contributed by atoms with Gasteiger partial charge in [0.25, 0.3) is 0 Å². The standard InChI is InChI=1S/C16H18BrIN2O/c1-3-20-16(14-8-12(17)5-6-15(14)18)11-7-13(21-4-2)10-19-9-11/h5-10,16,20H,3-4H2,1-2H3. The zero-order chi connectivity index (χ0) is 15.2. The number of nitrogens with one attached hydrogen (secondary N) is 1. The number of aromatic nitrogens is 1. The van der Waals surface area contributed by atoms with Gasteiger partial charge in [-0.25, -0.2) is 0 Å². The van der Waals surface area contributed by atoms with E-state index in [1.165, 1.54) is 9.13 Å². The first-order valence-electron chi connectivity index (χ1n) is 6.91. The van der Waals surface area contributed by atoms with Crippen molar-refractivity contribution in [3.05, 3.63) is 55.8 Å². The van der Waals surface area contributed by atoms with Gasteiger partial charge in [-0.1, -0.05) is 22.9 Å². The molecule has 1 N–H and O–H groups in total. The van der Waals surface area contributed by atoms with E-state index >= 15 is 0 Å². The molecule has 1 unspecified atom stereocenters. The molecule has 0 saturated carbocycles. The van der Waals surface area contributed by atoms with Crippen molar-refractivity contribution in [3.8, 4) is 5.75 Å². The van der Waals surface area contributed by atoms with Crippen LogP contribution in [0.1, 0.15) is 31.0 Å². The molecule has 0 aliphatic carbocycles. The van der Waals surface area contributed by atoms with Gasteiger partial charge in [0.1, 0.15) is 5.75 Å². The van der Waals surface area contributed by atoms with Crippen LogP contribution < -0.4 is 10.1 Å².